The van der Waals surface area contributed by atoms with Crippen LogP contribution in [0.3, 0.4) is 0 Å². The Hall–Kier alpha value is -1.69. The Bertz CT molecular complexity index is 517. The van der Waals surface area contributed by atoms with Crippen molar-refractivity contribution in [2.45, 2.75) is 18.9 Å². The van der Waals surface area contributed by atoms with Gasteiger partial charge in [0.2, 0.25) is 5.91 Å². The maximum absolute atomic E-state index is 12.0. The van der Waals surface area contributed by atoms with Crippen molar-refractivity contribution < 1.29 is 19.4 Å². The highest BCUT2D eigenvalue weighted by molar-refractivity contribution is 7.80. The molecule has 1 fully saturated rings. The number of methoxy groups -OCH3 is 1. The van der Waals surface area contributed by atoms with Gasteiger partial charge in [0.1, 0.15) is 11.8 Å². The molecule has 1 aromatic rings. The van der Waals surface area contributed by atoms with E-state index in [9.17, 15) is 14.7 Å². The summed E-state index contributed by atoms with van der Waals surface area (Å²) >= 11 is 4.20. The Labute approximate surface area is 129 Å². The van der Waals surface area contributed by atoms with Gasteiger partial charge in [-0.2, -0.15) is 12.6 Å². The summed E-state index contributed by atoms with van der Waals surface area (Å²) in [6.45, 7) is 0.468. The molecule has 0 spiro atoms. The largest absolute Gasteiger partial charge is 0.497 e. The highest BCUT2D eigenvalue weighted by Crippen LogP contribution is 2.23. The van der Waals surface area contributed by atoms with Crippen molar-refractivity contribution in [1.29, 1.82) is 0 Å². The number of carbonyl (C=O) groups excluding carboxylic acids is 1. The molecule has 2 atom stereocenters. The van der Waals surface area contributed by atoms with Crippen molar-refractivity contribution in [3.63, 3.8) is 0 Å². The van der Waals surface area contributed by atoms with E-state index in [1.54, 1.807) is 19.2 Å². The van der Waals surface area contributed by atoms with Gasteiger partial charge in [-0.25, -0.2) is 4.79 Å². The summed E-state index contributed by atoms with van der Waals surface area (Å²) in [6, 6.07) is 6.40. The molecule has 0 radical (unpaired) electrons. The zero-order valence-corrected chi connectivity index (χ0v) is 12.8. The second kappa shape index (κ2) is 6.85. The molecule has 1 heterocycles. The Kier molecular flexibility index (Phi) is 5.12. The molecule has 6 heteroatoms. The highest BCUT2D eigenvalue weighted by Gasteiger charge is 2.37. The Morgan fingerprint density at radius 3 is 2.62 bits per heavy atom. The van der Waals surface area contributed by atoms with Crippen molar-refractivity contribution >= 4 is 24.5 Å². The van der Waals surface area contributed by atoms with Gasteiger partial charge in [0.25, 0.3) is 0 Å². The number of likely N-dealkylation sites (tertiary alicyclic amines) is 1. The van der Waals surface area contributed by atoms with Crippen LogP contribution in [0.5, 0.6) is 5.75 Å². The average molecular weight is 309 g/mol. The van der Waals surface area contributed by atoms with Gasteiger partial charge in [0, 0.05) is 19.4 Å². The molecular formula is C15H19NO4S. The topological polar surface area (TPSA) is 66.8 Å². The van der Waals surface area contributed by atoms with E-state index in [1.165, 1.54) is 4.90 Å². The molecular weight excluding hydrogens is 290 g/mol. The third-order valence-electron chi connectivity index (χ3n) is 3.75. The number of aliphatic carboxylic acids is 1. The molecule has 0 aliphatic carbocycles. The summed E-state index contributed by atoms with van der Waals surface area (Å²) < 4.78 is 5.08. The van der Waals surface area contributed by atoms with Crippen LogP contribution < -0.4 is 4.74 Å². The first-order valence-electron chi connectivity index (χ1n) is 6.81. The van der Waals surface area contributed by atoms with Gasteiger partial charge < -0.3 is 14.7 Å². The molecule has 1 saturated heterocycles. The molecule has 1 aliphatic heterocycles. The highest BCUT2D eigenvalue weighted by atomic mass is 32.1. The van der Waals surface area contributed by atoms with Gasteiger partial charge in [0.05, 0.1) is 7.11 Å². The van der Waals surface area contributed by atoms with Crippen LogP contribution in [0.15, 0.2) is 24.3 Å². The van der Waals surface area contributed by atoms with Gasteiger partial charge in [-0.1, -0.05) is 12.1 Å². The fraction of sp³-hybridized carbons (Fsp3) is 0.467. The Morgan fingerprint density at radius 2 is 2.14 bits per heavy atom. The number of rotatable bonds is 6. The minimum atomic E-state index is -0.973. The van der Waals surface area contributed by atoms with Crippen molar-refractivity contribution in [2.75, 3.05) is 19.4 Å². The number of amides is 1. The molecule has 1 N–H and O–H groups in total. The molecule has 1 unspecified atom stereocenters. The van der Waals surface area contributed by atoms with Crippen molar-refractivity contribution in [3.05, 3.63) is 29.8 Å². The number of carboxylic acid groups (broad SMARTS) is 1. The van der Waals surface area contributed by atoms with Crippen LogP contribution in [0.1, 0.15) is 12.0 Å². The van der Waals surface area contributed by atoms with E-state index in [2.05, 4.69) is 12.6 Å². The summed E-state index contributed by atoms with van der Waals surface area (Å²) in [4.78, 5) is 25.0. The number of hydrogen-bond donors (Lipinski definition) is 2. The summed E-state index contributed by atoms with van der Waals surface area (Å²) in [6.07, 6.45) is 0.681. The van der Waals surface area contributed by atoms with Crippen LogP contribution in [0, 0.1) is 5.92 Å². The molecule has 1 aliphatic rings. The van der Waals surface area contributed by atoms with E-state index >= 15 is 0 Å². The number of carbonyl (C=O) groups is 2. The molecule has 114 valence electrons. The molecule has 1 aromatic carbocycles. The van der Waals surface area contributed by atoms with E-state index < -0.39 is 12.0 Å². The summed E-state index contributed by atoms with van der Waals surface area (Å²) in [5.41, 5.74) is 0.866. The van der Waals surface area contributed by atoms with Crippen molar-refractivity contribution in [3.8, 4) is 5.75 Å². The van der Waals surface area contributed by atoms with Gasteiger partial charge in [-0.3, -0.25) is 4.79 Å². The van der Waals surface area contributed by atoms with E-state index in [4.69, 9.17) is 4.74 Å². The number of hydrogen-bond acceptors (Lipinski definition) is 4. The second-order valence-electron chi connectivity index (χ2n) is 5.21. The standard InChI is InChI=1S/C15H19NO4S/c1-20-12-4-2-10(3-5-12)6-13(15(18)19)16-8-11(9-21)7-14(16)17/h2-5,11,13,21H,6-9H2,1H3,(H,18,19)/t11?,13-/m0/s1. The lowest BCUT2D eigenvalue weighted by Gasteiger charge is -2.24. The molecule has 1 amide bonds. The van der Waals surface area contributed by atoms with Gasteiger partial charge in [-0.15, -0.1) is 0 Å². The minimum Gasteiger partial charge on any atom is -0.497 e. The predicted molar refractivity (Wildman–Crippen MR) is 81.8 cm³/mol. The first-order chi connectivity index (χ1) is 10.0. The van der Waals surface area contributed by atoms with E-state index in [-0.39, 0.29) is 11.8 Å². The Morgan fingerprint density at radius 1 is 1.48 bits per heavy atom. The van der Waals surface area contributed by atoms with Crippen LogP contribution >= 0.6 is 12.6 Å². The average Bonchev–Trinajstić information content (AvgIpc) is 2.86. The molecule has 21 heavy (non-hydrogen) atoms. The zero-order valence-electron chi connectivity index (χ0n) is 11.9. The molecule has 2 rings (SSSR count). The maximum atomic E-state index is 12.0. The minimum absolute atomic E-state index is 0.102. The number of nitrogens with zero attached hydrogens (tertiary/aromatic N) is 1. The van der Waals surface area contributed by atoms with Crippen LogP contribution in [-0.4, -0.2) is 47.3 Å². The molecule has 0 aromatic heterocycles. The monoisotopic (exact) mass is 309 g/mol. The van der Waals surface area contributed by atoms with Crippen LogP contribution in [0.25, 0.3) is 0 Å². The SMILES string of the molecule is COc1ccc(C[C@@H](C(=O)O)N2CC(CS)CC2=O)cc1. The third kappa shape index (κ3) is 3.69. The fourth-order valence-electron chi connectivity index (χ4n) is 2.55. The van der Waals surface area contributed by atoms with Crippen molar-refractivity contribution in [1.82, 2.24) is 4.90 Å². The molecule has 5 nitrogen and oxygen atoms in total. The number of ether oxygens (including phenoxy) is 1. The van der Waals surface area contributed by atoms with Crippen LogP contribution in [0.2, 0.25) is 0 Å². The first-order valence-corrected chi connectivity index (χ1v) is 7.44. The normalized spacial score (nSPS) is 19.6. The van der Waals surface area contributed by atoms with Gasteiger partial charge >= 0.3 is 5.97 Å². The third-order valence-corrected chi connectivity index (χ3v) is 4.26. The maximum Gasteiger partial charge on any atom is 0.326 e. The summed E-state index contributed by atoms with van der Waals surface area (Å²) in [5, 5.41) is 9.43. The van der Waals surface area contributed by atoms with E-state index in [1.807, 2.05) is 12.1 Å². The molecule has 0 bridgehead atoms. The van der Waals surface area contributed by atoms with Gasteiger partial charge in [-0.05, 0) is 29.4 Å². The van der Waals surface area contributed by atoms with Crippen molar-refractivity contribution in [2.24, 2.45) is 5.92 Å². The smallest absolute Gasteiger partial charge is 0.326 e. The van der Waals surface area contributed by atoms with Crippen LogP contribution in [-0.2, 0) is 16.0 Å². The lowest BCUT2D eigenvalue weighted by molar-refractivity contribution is -0.148. The summed E-state index contributed by atoms with van der Waals surface area (Å²) in [7, 11) is 1.58. The number of benzene rings is 1. The number of thiol groups is 1. The van der Waals surface area contributed by atoms with E-state index in [0.717, 1.165) is 11.3 Å². The van der Waals surface area contributed by atoms with Crippen LogP contribution in [0.4, 0.5) is 0 Å². The number of carboxylic acids is 1. The zero-order chi connectivity index (χ0) is 15.4. The quantitative estimate of drug-likeness (QED) is 0.781. The van der Waals surface area contributed by atoms with Gasteiger partial charge in [0.15, 0.2) is 0 Å². The summed E-state index contributed by atoms with van der Waals surface area (Å²) in [5.74, 6) is 0.377. The molecule has 0 saturated carbocycles. The first kappa shape index (κ1) is 15.7. The fourth-order valence-corrected chi connectivity index (χ4v) is 2.79. The lowest BCUT2D eigenvalue weighted by atomic mass is 10.0. The second-order valence-corrected chi connectivity index (χ2v) is 5.57. The van der Waals surface area contributed by atoms with E-state index in [0.29, 0.717) is 25.1 Å². The predicted octanol–water partition coefficient (Wildman–Crippen LogP) is 1.47. The Balaban J connectivity index is 2.12. The lowest BCUT2D eigenvalue weighted by Crippen LogP contribution is -2.43.